The first-order chi connectivity index (χ1) is 12.6. The van der Waals surface area contributed by atoms with Crippen molar-refractivity contribution >= 4 is 23.5 Å². The van der Waals surface area contributed by atoms with Gasteiger partial charge in [0.15, 0.2) is 5.16 Å². The second-order valence-corrected chi connectivity index (χ2v) is 6.74. The lowest BCUT2D eigenvalue weighted by Gasteiger charge is -2.28. The van der Waals surface area contributed by atoms with Crippen LogP contribution < -0.4 is 10.9 Å². The number of nitrogens with one attached hydrogen (secondary N) is 2. The summed E-state index contributed by atoms with van der Waals surface area (Å²) in [4.78, 5) is 32.6. The summed E-state index contributed by atoms with van der Waals surface area (Å²) in [6.45, 7) is 5.46. The molecule has 2 heterocycles. The van der Waals surface area contributed by atoms with Gasteiger partial charge in [0.1, 0.15) is 5.82 Å². The topological polar surface area (TPSA) is 84.1 Å². The molecule has 7 heteroatoms. The van der Waals surface area contributed by atoms with E-state index in [1.54, 1.807) is 13.0 Å². The maximum Gasteiger partial charge on any atom is 0.336 e. The Bertz CT molecular complexity index is 935. The molecular formula is C19H19N3O3S. The highest BCUT2D eigenvalue weighted by Gasteiger charge is 2.36. The van der Waals surface area contributed by atoms with Crippen molar-refractivity contribution in [2.75, 3.05) is 18.2 Å². The van der Waals surface area contributed by atoms with E-state index in [1.165, 1.54) is 18.9 Å². The average molecular weight is 369 g/mol. The number of hydrogen-bond donors (Lipinski definition) is 2. The second-order valence-electron chi connectivity index (χ2n) is 5.73. The van der Waals surface area contributed by atoms with E-state index in [0.29, 0.717) is 33.6 Å². The summed E-state index contributed by atoms with van der Waals surface area (Å²) >= 11 is 1.38. The predicted molar refractivity (Wildman–Crippen MR) is 102 cm³/mol. The summed E-state index contributed by atoms with van der Waals surface area (Å²) in [5, 5.41) is 3.59. The number of nitrogens with zero attached hydrogens (tertiary/aromatic N) is 1. The maximum absolute atomic E-state index is 12.8. The van der Waals surface area contributed by atoms with Crippen molar-refractivity contribution in [1.82, 2.24) is 9.97 Å². The van der Waals surface area contributed by atoms with E-state index in [-0.39, 0.29) is 5.56 Å². The maximum atomic E-state index is 12.8. The molecule has 0 spiro atoms. The van der Waals surface area contributed by atoms with Gasteiger partial charge in [-0.15, -0.1) is 6.58 Å². The highest BCUT2D eigenvalue weighted by Crippen LogP contribution is 2.39. The van der Waals surface area contributed by atoms with Crippen molar-refractivity contribution in [3.63, 3.8) is 0 Å². The average Bonchev–Trinajstić information content (AvgIpc) is 2.65. The van der Waals surface area contributed by atoms with Crippen LogP contribution in [0.3, 0.4) is 0 Å². The zero-order valence-corrected chi connectivity index (χ0v) is 15.4. The van der Waals surface area contributed by atoms with Crippen LogP contribution >= 0.6 is 11.8 Å². The van der Waals surface area contributed by atoms with Crippen LogP contribution in [0.4, 0.5) is 5.82 Å². The number of methoxy groups -OCH3 is 1. The first-order valence-electron chi connectivity index (χ1n) is 8.05. The predicted octanol–water partition coefficient (Wildman–Crippen LogP) is 3.05. The van der Waals surface area contributed by atoms with Gasteiger partial charge < -0.3 is 15.0 Å². The number of carbonyl (C=O) groups excluding carboxylic acids is 1. The van der Waals surface area contributed by atoms with Crippen LogP contribution in [0.25, 0.3) is 0 Å². The van der Waals surface area contributed by atoms with Crippen LogP contribution in [0.15, 0.2) is 64.2 Å². The molecule has 1 aliphatic rings. The molecule has 3 rings (SSSR count). The highest BCUT2D eigenvalue weighted by molar-refractivity contribution is 7.99. The number of anilines is 1. The number of rotatable bonds is 5. The Kier molecular flexibility index (Phi) is 5.27. The lowest BCUT2D eigenvalue weighted by molar-refractivity contribution is -0.136. The third kappa shape index (κ3) is 3.30. The molecule has 0 saturated carbocycles. The summed E-state index contributed by atoms with van der Waals surface area (Å²) in [6.07, 6.45) is 1.74. The molecule has 0 amide bonds. The molecule has 2 aromatic rings. The summed E-state index contributed by atoms with van der Waals surface area (Å²) in [5.41, 5.74) is 1.98. The van der Waals surface area contributed by atoms with Gasteiger partial charge in [0.05, 0.1) is 24.2 Å². The standard InChI is InChI=1S/C19H19N3O3S/c1-4-10-26-19-21-16-15(17(23)22-19)14(12-8-6-5-7-9-12)13(11(2)20-16)18(24)25-3/h4-9,14H,1,10H2,2-3H3,(H2,20,21,22,23)/t14-/m1/s1. The Morgan fingerprint density at radius 3 is 2.77 bits per heavy atom. The van der Waals surface area contributed by atoms with Crippen LogP contribution in [0.2, 0.25) is 0 Å². The molecule has 0 fully saturated rings. The minimum atomic E-state index is -0.547. The largest absolute Gasteiger partial charge is 0.466 e. The third-order valence-electron chi connectivity index (χ3n) is 4.10. The van der Waals surface area contributed by atoms with Crippen LogP contribution in [0, 0.1) is 0 Å². The van der Waals surface area contributed by atoms with Gasteiger partial charge in [0.25, 0.3) is 5.56 Å². The Morgan fingerprint density at radius 1 is 1.38 bits per heavy atom. The molecular weight excluding hydrogens is 350 g/mol. The van der Waals surface area contributed by atoms with Gasteiger partial charge in [-0.25, -0.2) is 9.78 Å². The fourth-order valence-electron chi connectivity index (χ4n) is 3.00. The quantitative estimate of drug-likeness (QED) is 0.365. The number of thioether (sulfide) groups is 1. The van der Waals surface area contributed by atoms with Gasteiger partial charge in [0.2, 0.25) is 0 Å². The third-order valence-corrected chi connectivity index (χ3v) is 4.97. The van der Waals surface area contributed by atoms with E-state index in [9.17, 15) is 9.59 Å². The van der Waals surface area contributed by atoms with E-state index in [2.05, 4.69) is 21.9 Å². The second kappa shape index (κ2) is 7.61. The van der Waals surface area contributed by atoms with E-state index >= 15 is 0 Å². The van der Waals surface area contributed by atoms with Gasteiger partial charge in [0, 0.05) is 11.4 Å². The van der Waals surface area contributed by atoms with Gasteiger partial charge in [-0.1, -0.05) is 48.2 Å². The van der Waals surface area contributed by atoms with Crippen molar-refractivity contribution in [2.24, 2.45) is 0 Å². The monoisotopic (exact) mass is 369 g/mol. The van der Waals surface area contributed by atoms with Gasteiger partial charge in [-0.2, -0.15) is 0 Å². The molecule has 1 atom stereocenters. The smallest absolute Gasteiger partial charge is 0.336 e. The summed E-state index contributed by atoms with van der Waals surface area (Å²) in [5.74, 6) is 0.0689. The Balaban J connectivity index is 2.20. The number of ether oxygens (including phenoxy) is 1. The minimum absolute atomic E-state index is 0.281. The number of carbonyl (C=O) groups is 1. The van der Waals surface area contributed by atoms with Crippen molar-refractivity contribution in [3.8, 4) is 0 Å². The molecule has 0 unspecified atom stereocenters. The number of H-pyrrole nitrogens is 1. The van der Waals surface area contributed by atoms with Crippen LogP contribution in [-0.4, -0.2) is 28.8 Å². The molecule has 0 radical (unpaired) electrons. The van der Waals surface area contributed by atoms with Crippen molar-refractivity contribution in [2.45, 2.75) is 18.0 Å². The Labute approximate surface area is 155 Å². The first-order valence-corrected chi connectivity index (χ1v) is 9.04. The first kappa shape index (κ1) is 18.0. The number of hydrogen-bond acceptors (Lipinski definition) is 6. The van der Waals surface area contributed by atoms with Gasteiger partial charge in [-0.05, 0) is 12.5 Å². The lowest BCUT2D eigenvalue weighted by Crippen LogP contribution is -2.30. The summed E-state index contributed by atoms with van der Waals surface area (Å²) in [6, 6.07) is 9.40. The zero-order valence-electron chi connectivity index (χ0n) is 14.5. The Morgan fingerprint density at radius 2 is 2.12 bits per heavy atom. The Hall–Kier alpha value is -2.80. The number of aromatic amines is 1. The molecule has 0 bridgehead atoms. The molecule has 2 N–H and O–H groups in total. The number of benzene rings is 1. The van der Waals surface area contributed by atoms with E-state index in [0.717, 1.165) is 5.56 Å². The number of fused-ring (bicyclic) bond motifs is 1. The van der Waals surface area contributed by atoms with Crippen molar-refractivity contribution in [3.05, 3.63) is 75.7 Å². The van der Waals surface area contributed by atoms with Crippen molar-refractivity contribution < 1.29 is 9.53 Å². The normalized spacial score (nSPS) is 15.8. The zero-order chi connectivity index (χ0) is 18.7. The number of esters is 1. The highest BCUT2D eigenvalue weighted by atomic mass is 32.2. The fourth-order valence-corrected chi connectivity index (χ4v) is 3.59. The van der Waals surface area contributed by atoms with E-state index < -0.39 is 11.9 Å². The van der Waals surface area contributed by atoms with E-state index in [4.69, 9.17) is 4.74 Å². The summed E-state index contributed by atoms with van der Waals surface area (Å²) in [7, 11) is 1.33. The van der Waals surface area contributed by atoms with Crippen LogP contribution in [-0.2, 0) is 9.53 Å². The molecule has 26 heavy (non-hydrogen) atoms. The molecule has 6 nitrogen and oxygen atoms in total. The fraction of sp³-hybridized carbons (Fsp3) is 0.211. The molecule has 1 aliphatic heterocycles. The number of aromatic nitrogens is 2. The lowest BCUT2D eigenvalue weighted by atomic mass is 9.82. The molecule has 0 aliphatic carbocycles. The SMILES string of the molecule is C=CCSc1nc2c(c(=O)[nH]1)[C@H](c1ccccc1)C(C(=O)OC)=C(C)N2. The van der Waals surface area contributed by atoms with E-state index in [1.807, 2.05) is 30.3 Å². The molecule has 0 saturated heterocycles. The number of allylic oxidation sites excluding steroid dienone is 1. The van der Waals surface area contributed by atoms with Crippen molar-refractivity contribution in [1.29, 1.82) is 0 Å². The van der Waals surface area contributed by atoms with Gasteiger partial charge in [-0.3, -0.25) is 4.79 Å². The summed E-state index contributed by atoms with van der Waals surface area (Å²) < 4.78 is 4.96. The molecule has 134 valence electrons. The molecule has 1 aromatic carbocycles. The molecule has 1 aromatic heterocycles. The van der Waals surface area contributed by atoms with Gasteiger partial charge >= 0.3 is 5.97 Å². The van der Waals surface area contributed by atoms with Crippen LogP contribution in [0.1, 0.15) is 24.0 Å². The minimum Gasteiger partial charge on any atom is -0.466 e. The van der Waals surface area contributed by atoms with Crippen LogP contribution in [0.5, 0.6) is 0 Å².